The molecule has 0 aliphatic carbocycles. The molecule has 1 aromatic rings. The van der Waals surface area contributed by atoms with Crippen LogP contribution in [0.15, 0.2) is 16.6 Å². The number of rotatable bonds is 3. The van der Waals surface area contributed by atoms with Crippen LogP contribution in [-0.4, -0.2) is 5.78 Å². The van der Waals surface area contributed by atoms with Crippen molar-refractivity contribution in [2.75, 3.05) is 0 Å². The van der Waals surface area contributed by atoms with E-state index in [9.17, 15) is 9.18 Å². The highest BCUT2D eigenvalue weighted by atomic mass is 79.9. The van der Waals surface area contributed by atoms with E-state index in [2.05, 4.69) is 15.9 Å². The average molecular weight is 308 g/mol. The molecular formula is C12H13BrClFO. The van der Waals surface area contributed by atoms with Crippen LogP contribution >= 0.6 is 27.5 Å². The molecule has 0 aliphatic rings. The van der Waals surface area contributed by atoms with E-state index < -0.39 is 11.2 Å². The maximum absolute atomic E-state index is 13.8. The Morgan fingerprint density at radius 2 is 2.06 bits per heavy atom. The summed E-state index contributed by atoms with van der Waals surface area (Å²) in [6, 6.07) is 3.05. The minimum Gasteiger partial charge on any atom is -0.293 e. The van der Waals surface area contributed by atoms with Crippen molar-refractivity contribution in [1.82, 2.24) is 0 Å². The number of carbonyl (C=O) groups excluding carboxylic acids is 1. The lowest BCUT2D eigenvalue weighted by Gasteiger charge is -2.21. The number of hydrogen-bond donors (Lipinski definition) is 0. The minimum absolute atomic E-state index is 0.0437. The molecule has 16 heavy (non-hydrogen) atoms. The predicted molar refractivity (Wildman–Crippen MR) is 67.5 cm³/mol. The molecule has 0 fully saturated rings. The van der Waals surface area contributed by atoms with Gasteiger partial charge in [0.1, 0.15) is 0 Å². The number of hydrogen-bond acceptors (Lipinski definition) is 1. The van der Waals surface area contributed by atoms with Crippen molar-refractivity contribution in [3.8, 4) is 0 Å². The Kier molecular flexibility index (Phi) is 4.13. The molecule has 88 valence electrons. The lowest BCUT2D eigenvalue weighted by molar-refractivity contribution is 0.0828. The molecule has 4 heteroatoms. The fourth-order valence-electron chi connectivity index (χ4n) is 1.23. The van der Waals surface area contributed by atoms with Gasteiger partial charge in [-0.25, -0.2) is 4.39 Å². The van der Waals surface area contributed by atoms with Gasteiger partial charge in [-0.2, -0.15) is 0 Å². The maximum Gasteiger partial charge on any atom is 0.171 e. The summed E-state index contributed by atoms with van der Waals surface area (Å²) >= 11 is 8.86. The van der Waals surface area contributed by atoms with Gasteiger partial charge < -0.3 is 0 Å². The predicted octanol–water partition coefficient (Wildman–Crippen LogP) is 4.86. The molecule has 1 rings (SSSR count). The molecule has 0 radical (unpaired) electrons. The maximum atomic E-state index is 13.8. The van der Waals surface area contributed by atoms with Gasteiger partial charge in [-0.05, 0) is 34.5 Å². The first-order valence-corrected chi connectivity index (χ1v) is 6.16. The summed E-state index contributed by atoms with van der Waals surface area (Å²) in [5.41, 5.74) is -0.516. The highest BCUT2D eigenvalue weighted by Crippen LogP contribution is 2.32. The van der Waals surface area contributed by atoms with Gasteiger partial charge in [-0.1, -0.05) is 32.4 Å². The van der Waals surface area contributed by atoms with Crippen LogP contribution in [0.1, 0.15) is 37.6 Å². The number of halogens is 3. The van der Waals surface area contributed by atoms with Crippen LogP contribution in [0.4, 0.5) is 4.39 Å². The summed E-state index contributed by atoms with van der Waals surface area (Å²) in [4.78, 5) is 12.1. The van der Waals surface area contributed by atoms with Crippen molar-refractivity contribution in [1.29, 1.82) is 0 Å². The monoisotopic (exact) mass is 306 g/mol. The first-order chi connectivity index (χ1) is 7.31. The first-order valence-electron chi connectivity index (χ1n) is 4.99. The summed E-state index contributed by atoms with van der Waals surface area (Å²) < 4.78 is 14.3. The molecule has 1 nitrogen and oxygen atoms in total. The van der Waals surface area contributed by atoms with Crippen molar-refractivity contribution in [3.05, 3.63) is 33.0 Å². The molecule has 0 amide bonds. The Labute approximate surface area is 108 Å². The van der Waals surface area contributed by atoms with Crippen LogP contribution in [-0.2, 0) is 0 Å². The summed E-state index contributed by atoms with van der Waals surface area (Å²) in [6.45, 7) is 5.49. The highest BCUT2D eigenvalue weighted by Gasteiger charge is 2.29. The van der Waals surface area contributed by atoms with Crippen molar-refractivity contribution < 1.29 is 9.18 Å². The third-order valence-electron chi connectivity index (χ3n) is 2.78. The topological polar surface area (TPSA) is 17.1 Å². The Balaban J connectivity index is 3.26. The molecule has 0 saturated heterocycles. The van der Waals surface area contributed by atoms with Gasteiger partial charge in [0.25, 0.3) is 0 Å². The normalized spacial score (nSPS) is 11.6. The smallest absolute Gasteiger partial charge is 0.171 e. The second-order valence-electron chi connectivity index (χ2n) is 4.29. The minimum atomic E-state index is -0.650. The van der Waals surface area contributed by atoms with Crippen LogP contribution < -0.4 is 0 Å². The van der Waals surface area contributed by atoms with E-state index in [1.54, 1.807) is 19.9 Å². The second-order valence-corrected chi connectivity index (χ2v) is 5.52. The Morgan fingerprint density at radius 1 is 1.50 bits per heavy atom. The molecule has 0 saturated carbocycles. The molecule has 0 spiro atoms. The summed E-state index contributed by atoms with van der Waals surface area (Å²) in [5, 5.41) is -0.0437. The van der Waals surface area contributed by atoms with E-state index in [4.69, 9.17) is 11.6 Å². The number of ketones is 1. The Hall–Kier alpha value is -0.410. The molecular weight excluding hydrogens is 294 g/mol. The standard InChI is InChI=1S/C12H13BrClFO/c1-4-12(2,3)11(16)7-5-6-8(13)9(14)10(7)15/h5-6H,4H2,1-3H3. The van der Waals surface area contributed by atoms with E-state index in [-0.39, 0.29) is 16.4 Å². The molecule has 0 heterocycles. The van der Waals surface area contributed by atoms with E-state index >= 15 is 0 Å². The van der Waals surface area contributed by atoms with E-state index in [1.165, 1.54) is 6.07 Å². The fraction of sp³-hybridized carbons (Fsp3) is 0.417. The highest BCUT2D eigenvalue weighted by molar-refractivity contribution is 9.10. The largest absolute Gasteiger partial charge is 0.293 e. The Bertz CT molecular complexity index is 429. The van der Waals surface area contributed by atoms with Gasteiger partial charge in [0.2, 0.25) is 0 Å². The van der Waals surface area contributed by atoms with Crippen molar-refractivity contribution in [2.45, 2.75) is 27.2 Å². The molecule has 0 unspecified atom stereocenters. The van der Waals surface area contributed by atoms with Crippen LogP contribution in [0.25, 0.3) is 0 Å². The summed E-state index contributed by atoms with van der Waals surface area (Å²) in [7, 11) is 0. The van der Waals surface area contributed by atoms with Crippen molar-refractivity contribution in [3.63, 3.8) is 0 Å². The van der Waals surface area contributed by atoms with Gasteiger partial charge >= 0.3 is 0 Å². The van der Waals surface area contributed by atoms with Gasteiger partial charge in [-0.15, -0.1) is 0 Å². The van der Waals surface area contributed by atoms with Crippen molar-refractivity contribution >= 4 is 33.3 Å². The van der Waals surface area contributed by atoms with Gasteiger partial charge in [0.05, 0.1) is 10.6 Å². The zero-order valence-corrected chi connectivity index (χ0v) is 11.7. The van der Waals surface area contributed by atoms with Gasteiger partial charge in [0, 0.05) is 9.89 Å². The SMILES string of the molecule is CCC(C)(C)C(=O)c1ccc(Br)c(Cl)c1F. The molecule has 0 bridgehead atoms. The van der Waals surface area contributed by atoms with E-state index in [1.807, 2.05) is 6.92 Å². The number of Topliss-reactive ketones (excluding diaryl/α,β-unsaturated/α-hetero) is 1. The fourth-order valence-corrected chi connectivity index (χ4v) is 1.70. The second kappa shape index (κ2) is 4.84. The van der Waals surface area contributed by atoms with E-state index in [0.717, 1.165) is 0 Å². The molecule has 0 N–H and O–H groups in total. The third-order valence-corrected chi connectivity index (χ3v) is 4.04. The van der Waals surface area contributed by atoms with Gasteiger partial charge in [-0.3, -0.25) is 4.79 Å². The molecule has 0 atom stereocenters. The van der Waals surface area contributed by atoms with E-state index in [0.29, 0.717) is 10.9 Å². The first kappa shape index (κ1) is 13.7. The molecule has 0 aromatic heterocycles. The third kappa shape index (κ3) is 2.46. The van der Waals surface area contributed by atoms with Gasteiger partial charge in [0.15, 0.2) is 11.6 Å². The number of carbonyl (C=O) groups is 1. The zero-order chi connectivity index (χ0) is 12.5. The average Bonchev–Trinajstić information content (AvgIpc) is 2.25. The zero-order valence-electron chi connectivity index (χ0n) is 9.40. The van der Waals surface area contributed by atoms with Crippen molar-refractivity contribution in [2.24, 2.45) is 5.41 Å². The van der Waals surface area contributed by atoms with Crippen LogP contribution in [0.3, 0.4) is 0 Å². The van der Waals surface area contributed by atoms with Crippen LogP contribution in [0.5, 0.6) is 0 Å². The lowest BCUT2D eigenvalue weighted by atomic mass is 9.82. The number of benzene rings is 1. The summed E-state index contributed by atoms with van der Waals surface area (Å²) in [6.07, 6.45) is 0.652. The molecule has 0 aliphatic heterocycles. The molecule has 1 aromatic carbocycles. The summed E-state index contributed by atoms with van der Waals surface area (Å²) in [5.74, 6) is -0.871. The Morgan fingerprint density at radius 3 is 2.56 bits per heavy atom. The quantitative estimate of drug-likeness (QED) is 0.575. The lowest BCUT2D eigenvalue weighted by Crippen LogP contribution is -2.24. The van der Waals surface area contributed by atoms with Crippen LogP contribution in [0.2, 0.25) is 5.02 Å². The van der Waals surface area contributed by atoms with Crippen LogP contribution in [0, 0.1) is 11.2 Å².